The van der Waals surface area contributed by atoms with Crippen LogP contribution in [-0.4, -0.2) is 22.7 Å². The first kappa shape index (κ1) is 12.4. The van der Waals surface area contributed by atoms with Crippen LogP contribution in [0.4, 0.5) is 5.69 Å². The molecule has 2 rings (SSSR count). The minimum atomic E-state index is -1.92. The van der Waals surface area contributed by atoms with Crippen LogP contribution < -0.4 is 4.90 Å². The Labute approximate surface area is 104 Å². The molecule has 1 heterocycles. The van der Waals surface area contributed by atoms with Crippen LogP contribution in [0.1, 0.15) is 25.8 Å². The van der Waals surface area contributed by atoms with E-state index < -0.39 is 17.4 Å². The number of hydrogen-bond acceptors (Lipinski definition) is 4. The number of nitrogens with zero attached hydrogens (tertiary/aromatic N) is 1. The Hall–Kier alpha value is -2.01. The zero-order valence-corrected chi connectivity index (χ0v) is 10.1. The zero-order chi connectivity index (χ0) is 13.5. The number of para-hydroxylation sites is 1. The van der Waals surface area contributed by atoms with Crippen LogP contribution in [0.25, 0.3) is 0 Å². The maximum absolute atomic E-state index is 12.2. The maximum atomic E-state index is 12.2. The summed E-state index contributed by atoms with van der Waals surface area (Å²) in [5, 5.41) is 10.4. The lowest BCUT2D eigenvalue weighted by Crippen LogP contribution is -2.43. The standard InChI is InChI=1S/C13H13NO4/c1-8(15)7-13(18)10-5-3-4-6-11(10)14(9(2)16)12(13)17/h3-6,18H,7H2,1-2H3/t13-/m1/s1. The fourth-order valence-corrected chi connectivity index (χ4v) is 2.27. The van der Waals surface area contributed by atoms with E-state index in [0.29, 0.717) is 11.3 Å². The van der Waals surface area contributed by atoms with Crippen LogP contribution >= 0.6 is 0 Å². The predicted molar refractivity (Wildman–Crippen MR) is 63.8 cm³/mol. The normalized spacial score (nSPS) is 21.9. The van der Waals surface area contributed by atoms with E-state index in [1.165, 1.54) is 13.8 Å². The second-order valence-corrected chi connectivity index (χ2v) is 4.42. The number of hydrogen-bond donors (Lipinski definition) is 1. The molecule has 5 nitrogen and oxygen atoms in total. The Morgan fingerprint density at radius 3 is 2.44 bits per heavy atom. The van der Waals surface area contributed by atoms with Crippen molar-refractivity contribution in [3.63, 3.8) is 0 Å². The third-order valence-corrected chi connectivity index (χ3v) is 2.97. The third-order valence-electron chi connectivity index (χ3n) is 2.97. The second kappa shape index (κ2) is 4.03. The van der Waals surface area contributed by atoms with Gasteiger partial charge >= 0.3 is 0 Å². The summed E-state index contributed by atoms with van der Waals surface area (Å²) in [7, 11) is 0. The minimum Gasteiger partial charge on any atom is -0.375 e. The molecule has 1 N–H and O–H groups in total. The number of Topliss-reactive ketones (excluding diaryl/α,β-unsaturated/α-hetero) is 1. The molecule has 0 saturated heterocycles. The second-order valence-electron chi connectivity index (χ2n) is 4.42. The van der Waals surface area contributed by atoms with Gasteiger partial charge in [0.1, 0.15) is 5.78 Å². The van der Waals surface area contributed by atoms with Crippen molar-refractivity contribution in [2.45, 2.75) is 25.9 Å². The average Bonchev–Trinajstić information content (AvgIpc) is 2.48. The molecule has 18 heavy (non-hydrogen) atoms. The molecule has 0 radical (unpaired) electrons. The summed E-state index contributed by atoms with van der Waals surface area (Å²) in [6.07, 6.45) is -0.327. The number of anilines is 1. The monoisotopic (exact) mass is 247 g/mol. The molecule has 0 aliphatic carbocycles. The highest BCUT2D eigenvalue weighted by atomic mass is 16.3. The largest absolute Gasteiger partial charge is 0.375 e. The summed E-state index contributed by atoms with van der Waals surface area (Å²) in [6.45, 7) is 2.54. The highest BCUT2D eigenvalue weighted by Gasteiger charge is 2.51. The molecular formula is C13H13NO4. The molecule has 0 spiro atoms. The molecule has 0 unspecified atom stereocenters. The molecule has 94 valence electrons. The molecule has 0 bridgehead atoms. The van der Waals surface area contributed by atoms with E-state index >= 15 is 0 Å². The van der Waals surface area contributed by atoms with Gasteiger partial charge in [0.05, 0.1) is 5.69 Å². The average molecular weight is 247 g/mol. The Kier molecular flexibility index (Phi) is 2.78. The summed E-state index contributed by atoms with van der Waals surface area (Å²) in [4.78, 5) is 35.8. The number of carbonyl (C=O) groups excluding carboxylic acids is 3. The Morgan fingerprint density at radius 2 is 1.89 bits per heavy atom. The summed E-state index contributed by atoms with van der Waals surface area (Å²) in [5.74, 6) is -1.55. The fourth-order valence-electron chi connectivity index (χ4n) is 2.27. The summed E-state index contributed by atoms with van der Waals surface area (Å²) < 4.78 is 0. The van der Waals surface area contributed by atoms with E-state index in [4.69, 9.17) is 0 Å². The number of rotatable bonds is 2. The van der Waals surface area contributed by atoms with Crippen molar-refractivity contribution in [3.05, 3.63) is 29.8 Å². The van der Waals surface area contributed by atoms with Crippen molar-refractivity contribution in [2.75, 3.05) is 4.90 Å². The van der Waals surface area contributed by atoms with Crippen LogP contribution in [0, 0.1) is 0 Å². The van der Waals surface area contributed by atoms with Gasteiger partial charge in [-0.1, -0.05) is 18.2 Å². The van der Waals surface area contributed by atoms with Crippen molar-refractivity contribution in [1.82, 2.24) is 0 Å². The van der Waals surface area contributed by atoms with E-state index in [-0.39, 0.29) is 12.2 Å². The zero-order valence-electron chi connectivity index (χ0n) is 10.1. The summed E-state index contributed by atoms with van der Waals surface area (Å²) in [6, 6.07) is 6.45. The Balaban J connectivity index is 2.61. The summed E-state index contributed by atoms with van der Waals surface area (Å²) in [5.41, 5.74) is -1.27. The van der Waals surface area contributed by atoms with Crippen LogP contribution in [0.3, 0.4) is 0 Å². The first-order valence-corrected chi connectivity index (χ1v) is 5.54. The van der Waals surface area contributed by atoms with Gasteiger partial charge in [-0.05, 0) is 13.0 Å². The van der Waals surface area contributed by atoms with Gasteiger partial charge < -0.3 is 5.11 Å². The molecule has 0 fully saturated rings. The lowest BCUT2D eigenvalue weighted by molar-refractivity contribution is -0.143. The molecule has 1 aliphatic heterocycles. The topological polar surface area (TPSA) is 74.7 Å². The van der Waals surface area contributed by atoms with Crippen LogP contribution in [0.15, 0.2) is 24.3 Å². The molecule has 2 amide bonds. The van der Waals surface area contributed by atoms with E-state index in [2.05, 4.69) is 0 Å². The highest BCUT2D eigenvalue weighted by molar-refractivity contribution is 6.22. The van der Waals surface area contributed by atoms with Crippen LogP contribution in [0.5, 0.6) is 0 Å². The quantitative estimate of drug-likeness (QED) is 0.836. The number of ketones is 1. The lowest BCUT2D eigenvalue weighted by Gasteiger charge is -2.20. The van der Waals surface area contributed by atoms with Crippen molar-refractivity contribution < 1.29 is 19.5 Å². The first-order chi connectivity index (χ1) is 8.38. The van der Waals surface area contributed by atoms with Gasteiger partial charge in [-0.2, -0.15) is 0 Å². The molecular weight excluding hydrogens is 234 g/mol. The number of aliphatic hydroxyl groups is 1. The maximum Gasteiger partial charge on any atom is 0.270 e. The van der Waals surface area contributed by atoms with Gasteiger partial charge in [-0.3, -0.25) is 14.4 Å². The van der Waals surface area contributed by atoms with E-state index in [1.54, 1.807) is 24.3 Å². The predicted octanol–water partition coefficient (Wildman–Crippen LogP) is 0.746. The van der Waals surface area contributed by atoms with Crippen molar-refractivity contribution in [1.29, 1.82) is 0 Å². The molecule has 1 aliphatic rings. The molecule has 5 heteroatoms. The van der Waals surface area contributed by atoms with E-state index in [9.17, 15) is 19.5 Å². The van der Waals surface area contributed by atoms with Gasteiger partial charge in [0, 0.05) is 18.9 Å². The van der Waals surface area contributed by atoms with Gasteiger partial charge in [-0.25, -0.2) is 4.90 Å². The van der Waals surface area contributed by atoms with Crippen LogP contribution in [0.2, 0.25) is 0 Å². The number of fused-ring (bicyclic) bond motifs is 1. The van der Waals surface area contributed by atoms with Crippen LogP contribution in [-0.2, 0) is 20.0 Å². The summed E-state index contributed by atoms with van der Waals surface area (Å²) >= 11 is 0. The SMILES string of the molecule is CC(=O)C[C@]1(O)C(=O)N(C(C)=O)c2ccccc21. The smallest absolute Gasteiger partial charge is 0.270 e. The highest BCUT2D eigenvalue weighted by Crippen LogP contribution is 2.42. The third kappa shape index (κ3) is 1.64. The lowest BCUT2D eigenvalue weighted by atomic mass is 9.90. The fraction of sp³-hybridized carbons (Fsp3) is 0.308. The van der Waals surface area contributed by atoms with Crippen molar-refractivity contribution >= 4 is 23.3 Å². The van der Waals surface area contributed by atoms with Gasteiger partial charge in [0.2, 0.25) is 5.91 Å². The molecule has 0 aromatic heterocycles. The number of imide groups is 1. The Morgan fingerprint density at radius 1 is 1.28 bits per heavy atom. The number of carbonyl (C=O) groups is 3. The molecule has 1 atom stereocenters. The van der Waals surface area contributed by atoms with Crippen molar-refractivity contribution in [3.8, 4) is 0 Å². The molecule has 0 saturated carbocycles. The van der Waals surface area contributed by atoms with Crippen molar-refractivity contribution in [2.24, 2.45) is 0 Å². The molecule has 1 aromatic rings. The molecule has 1 aromatic carbocycles. The van der Waals surface area contributed by atoms with Gasteiger partial charge in [0.15, 0.2) is 5.60 Å². The van der Waals surface area contributed by atoms with E-state index in [1.807, 2.05) is 0 Å². The minimum absolute atomic E-state index is 0.306. The van der Waals surface area contributed by atoms with Gasteiger partial charge in [0.25, 0.3) is 5.91 Å². The number of benzene rings is 1. The van der Waals surface area contributed by atoms with E-state index in [0.717, 1.165) is 4.90 Å². The number of amides is 2. The Bertz CT molecular complexity index is 552. The first-order valence-electron chi connectivity index (χ1n) is 5.54. The van der Waals surface area contributed by atoms with Gasteiger partial charge in [-0.15, -0.1) is 0 Å².